The Balaban J connectivity index is 1.45. The topological polar surface area (TPSA) is 41.9 Å². The summed E-state index contributed by atoms with van der Waals surface area (Å²) >= 11 is 18.4. The highest BCUT2D eigenvalue weighted by Crippen LogP contribution is 2.33. The smallest absolute Gasteiger partial charge is 0.226 e. The van der Waals surface area contributed by atoms with Gasteiger partial charge in [-0.25, -0.2) is 0 Å². The number of benzene rings is 2. The number of amides is 1. The van der Waals surface area contributed by atoms with Gasteiger partial charge in [0.05, 0.1) is 22.3 Å². The van der Waals surface area contributed by atoms with Gasteiger partial charge in [0.25, 0.3) is 0 Å². The van der Waals surface area contributed by atoms with Crippen LogP contribution >= 0.6 is 34.8 Å². The van der Waals surface area contributed by atoms with E-state index in [9.17, 15) is 4.79 Å². The molecule has 1 amide bonds. The van der Waals surface area contributed by atoms with Crippen LogP contribution in [0.4, 0.5) is 0 Å². The lowest BCUT2D eigenvalue weighted by atomic mass is 10.0. The molecule has 146 valence electrons. The van der Waals surface area contributed by atoms with Crippen molar-refractivity contribution in [1.29, 1.82) is 0 Å². The SMILES string of the molecule is O=C(C1CC1)N(Cc1ccccc1Cl)C[C@H]1CC(c2ccc(Cl)c(Cl)c2)=NO1. The van der Waals surface area contributed by atoms with Gasteiger partial charge in [-0.2, -0.15) is 0 Å². The highest BCUT2D eigenvalue weighted by atomic mass is 35.5. The van der Waals surface area contributed by atoms with Crippen molar-refractivity contribution in [3.8, 4) is 0 Å². The van der Waals surface area contributed by atoms with E-state index in [2.05, 4.69) is 5.16 Å². The highest BCUT2D eigenvalue weighted by molar-refractivity contribution is 6.42. The van der Waals surface area contributed by atoms with Crippen LogP contribution in [0.3, 0.4) is 0 Å². The minimum atomic E-state index is -0.199. The molecule has 1 fully saturated rings. The predicted molar refractivity (Wildman–Crippen MR) is 112 cm³/mol. The Kier molecular flexibility index (Phi) is 5.81. The number of carbonyl (C=O) groups excluding carboxylic acids is 1. The lowest BCUT2D eigenvalue weighted by Crippen LogP contribution is -2.38. The van der Waals surface area contributed by atoms with Gasteiger partial charge in [-0.1, -0.05) is 64.2 Å². The van der Waals surface area contributed by atoms with E-state index in [1.54, 1.807) is 12.1 Å². The molecule has 0 unspecified atom stereocenters. The molecule has 28 heavy (non-hydrogen) atoms. The molecule has 0 N–H and O–H groups in total. The summed E-state index contributed by atoms with van der Waals surface area (Å²) in [5, 5.41) is 5.85. The third-order valence-electron chi connectivity index (χ3n) is 4.97. The molecule has 2 aromatic rings. The number of carbonyl (C=O) groups is 1. The first-order chi connectivity index (χ1) is 13.5. The molecule has 7 heteroatoms. The molecule has 1 atom stereocenters. The van der Waals surface area contributed by atoms with Gasteiger partial charge in [0.15, 0.2) is 6.10 Å². The first-order valence-electron chi connectivity index (χ1n) is 9.21. The average Bonchev–Trinajstić information content (AvgIpc) is 3.43. The Morgan fingerprint density at radius 2 is 1.86 bits per heavy atom. The van der Waals surface area contributed by atoms with Crippen molar-refractivity contribution >= 4 is 46.4 Å². The van der Waals surface area contributed by atoms with Crippen molar-refractivity contribution in [2.45, 2.75) is 31.9 Å². The molecule has 0 saturated heterocycles. The highest BCUT2D eigenvalue weighted by Gasteiger charge is 2.36. The third kappa shape index (κ3) is 4.45. The number of rotatable bonds is 6. The van der Waals surface area contributed by atoms with Gasteiger partial charge in [-0.3, -0.25) is 4.79 Å². The number of hydrogen-bond donors (Lipinski definition) is 0. The van der Waals surface area contributed by atoms with E-state index in [-0.39, 0.29) is 17.9 Å². The molecule has 1 saturated carbocycles. The molecular formula is C21H19Cl3N2O2. The summed E-state index contributed by atoms with van der Waals surface area (Å²) in [6, 6.07) is 13.0. The second-order valence-corrected chi connectivity index (χ2v) is 8.40. The van der Waals surface area contributed by atoms with Crippen molar-refractivity contribution in [2.24, 2.45) is 11.1 Å². The molecule has 4 nitrogen and oxygen atoms in total. The van der Waals surface area contributed by atoms with Gasteiger partial charge < -0.3 is 9.74 Å². The molecule has 0 radical (unpaired) electrons. The fourth-order valence-corrected chi connectivity index (χ4v) is 3.76. The van der Waals surface area contributed by atoms with Crippen LogP contribution in [0.15, 0.2) is 47.6 Å². The van der Waals surface area contributed by atoms with E-state index < -0.39 is 0 Å². The molecular weight excluding hydrogens is 419 g/mol. The minimum absolute atomic E-state index is 0.124. The summed E-state index contributed by atoms with van der Waals surface area (Å²) in [6.07, 6.45) is 2.31. The van der Waals surface area contributed by atoms with Crippen molar-refractivity contribution in [2.75, 3.05) is 6.54 Å². The van der Waals surface area contributed by atoms with E-state index in [1.165, 1.54) is 0 Å². The molecule has 2 aromatic carbocycles. The standard InChI is InChI=1S/C21H19Cl3N2O2/c22-17-4-2-1-3-15(17)11-26(21(27)13-5-6-13)12-16-10-20(25-28-16)14-7-8-18(23)19(24)9-14/h1-4,7-9,13,16H,5-6,10-12H2/t16-/m1/s1. The summed E-state index contributed by atoms with van der Waals surface area (Å²) in [7, 11) is 0. The molecule has 1 aliphatic heterocycles. The number of halogens is 3. The summed E-state index contributed by atoms with van der Waals surface area (Å²) in [4.78, 5) is 20.3. The summed E-state index contributed by atoms with van der Waals surface area (Å²) in [6.45, 7) is 0.936. The van der Waals surface area contributed by atoms with Gasteiger partial charge >= 0.3 is 0 Å². The Bertz CT molecular complexity index is 928. The van der Waals surface area contributed by atoms with Crippen LogP contribution in [0.5, 0.6) is 0 Å². The van der Waals surface area contributed by atoms with E-state index >= 15 is 0 Å². The summed E-state index contributed by atoms with van der Waals surface area (Å²) in [5.41, 5.74) is 2.62. The van der Waals surface area contributed by atoms with Crippen LogP contribution in [0, 0.1) is 5.92 Å². The van der Waals surface area contributed by atoms with Crippen LogP contribution in [-0.2, 0) is 16.2 Å². The quantitative estimate of drug-likeness (QED) is 0.592. The molecule has 0 bridgehead atoms. The Morgan fingerprint density at radius 3 is 2.57 bits per heavy atom. The maximum absolute atomic E-state index is 12.8. The molecule has 1 heterocycles. The molecule has 4 rings (SSSR count). The van der Waals surface area contributed by atoms with Gasteiger partial charge in [0.1, 0.15) is 0 Å². The fraction of sp³-hybridized carbons (Fsp3) is 0.333. The maximum atomic E-state index is 12.8. The lowest BCUT2D eigenvalue weighted by molar-refractivity contribution is -0.135. The normalized spacial score (nSPS) is 18.5. The van der Waals surface area contributed by atoms with Gasteiger partial charge in [-0.15, -0.1) is 0 Å². The molecule has 0 spiro atoms. The lowest BCUT2D eigenvalue weighted by Gasteiger charge is -2.25. The minimum Gasteiger partial charge on any atom is -0.390 e. The summed E-state index contributed by atoms with van der Waals surface area (Å²) < 4.78 is 0. The Labute approximate surface area is 179 Å². The van der Waals surface area contributed by atoms with E-state index in [0.29, 0.717) is 34.6 Å². The molecule has 2 aliphatic rings. The van der Waals surface area contributed by atoms with Crippen LogP contribution in [-0.4, -0.2) is 29.2 Å². The Morgan fingerprint density at radius 1 is 1.07 bits per heavy atom. The van der Waals surface area contributed by atoms with Crippen molar-refractivity contribution < 1.29 is 9.63 Å². The summed E-state index contributed by atoms with van der Waals surface area (Å²) in [5.74, 6) is 0.283. The maximum Gasteiger partial charge on any atom is 0.226 e. The second kappa shape index (κ2) is 8.32. The molecule has 0 aromatic heterocycles. The monoisotopic (exact) mass is 436 g/mol. The fourth-order valence-electron chi connectivity index (χ4n) is 3.27. The van der Waals surface area contributed by atoms with Crippen molar-refractivity contribution in [1.82, 2.24) is 4.90 Å². The predicted octanol–water partition coefficient (Wildman–Crippen LogP) is 5.58. The zero-order chi connectivity index (χ0) is 19.7. The van der Waals surface area contributed by atoms with Crippen molar-refractivity contribution in [3.05, 3.63) is 68.7 Å². The second-order valence-electron chi connectivity index (χ2n) is 7.18. The first-order valence-corrected chi connectivity index (χ1v) is 10.3. The average molecular weight is 438 g/mol. The zero-order valence-electron chi connectivity index (χ0n) is 15.1. The third-order valence-corrected chi connectivity index (χ3v) is 6.07. The van der Waals surface area contributed by atoms with Crippen LogP contribution in [0.25, 0.3) is 0 Å². The largest absolute Gasteiger partial charge is 0.390 e. The van der Waals surface area contributed by atoms with Crippen LogP contribution in [0.2, 0.25) is 15.1 Å². The van der Waals surface area contributed by atoms with Gasteiger partial charge in [0.2, 0.25) is 5.91 Å². The van der Waals surface area contributed by atoms with Crippen LogP contribution in [0.1, 0.15) is 30.4 Å². The number of oxime groups is 1. The van der Waals surface area contributed by atoms with Gasteiger partial charge in [0, 0.05) is 29.5 Å². The number of hydrogen-bond acceptors (Lipinski definition) is 3. The zero-order valence-corrected chi connectivity index (χ0v) is 17.3. The van der Waals surface area contributed by atoms with Crippen molar-refractivity contribution in [3.63, 3.8) is 0 Å². The Hall–Kier alpha value is -1.75. The van der Waals surface area contributed by atoms with E-state index in [0.717, 1.165) is 29.7 Å². The molecule has 1 aliphatic carbocycles. The van der Waals surface area contributed by atoms with Gasteiger partial charge in [-0.05, 0) is 36.6 Å². The van der Waals surface area contributed by atoms with E-state index in [4.69, 9.17) is 39.6 Å². The number of nitrogens with zero attached hydrogens (tertiary/aromatic N) is 2. The van der Waals surface area contributed by atoms with Crippen LogP contribution < -0.4 is 0 Å². The van der Waals surface area contributed by atoms with E-state index in [1.807, 2.05) is 35.2 Å². The first kappa shape index (κ1) is 19.6.